The molecule has 1 aromatic heterocycles. The van der Waals surface area contributed by atoms with Crippen molar-refractivity contribution in [2.75, 3.05) is 0 Å². The highest BCUT2D eigenvalue weighted by atomic mass is 79.9. The lowest BCUT2D eigenvalue weighted by molar-refractivity contribution is 0.0697. The monoisotopic (exact) mass is 389 g/mol. The predicted molar refractivity (Wildman–Crippen MR) is 93.1 cm³/mol. The van der Waals surface area contributed by atoms with Gasteiger partial charge in [0.1, 0.15) is 5.76 Å². The van der Waals surface area contributed by atoms with E-state index in [0.717, 1.165) is 21.4 Å². The average molecular weight is 390 g/mol. The number of hydrogen-bond donors (Lipinski definition) is 1. The van der Waals surface area contributed by atoms with Crippen LogP contribution in [0, 0.1) is 6.92 Å². The van der Waals surface area contributed by atoms with E-state index < -0.39 is 5.97 Å². The molecule has 116 valence electrons. The summed E-state index contributed by atoms with van der Waals surface area (Å²) in [4.78, 5) is 16.0. The maximum absolute atomic E-state index is 11.1. The summed E-state index contributed by atoms with van der Waals surface area (Å²) in [6.07, 6.45) is 0. The molecule has 0 aliphatic rings. The molecule has 1 N–H and O–H groups in total. The third-order valence-electron chi connectivity index (χ3n) is 3.26. The zero-order valence-corrected chi connectivity index (χ0v) is 14.5. The normalized spacial score (nSPS) is 11.7. The van der Waals surface area contributed by atoms with Crippen LogP contribution in [0.5, 0.6) is 0 Å². The van der Waals surface area contributed by atoms with E-state index in [1.165, 1.54) is 11.3 Å². The molecule has 0 fully saturated rings. The van der Waals surface area contributed by atoms with Crippen molar-refractivity contribution in [3.63, 3.8) is 0 Å². The highest BCUT2D eigenvalue weighted by molar-refractivity contribution is 9.10. The smallest absolute Gasteiger partial charge is 0.335 e. The van der Waals surface area contributed by atoms with Gasteiger partial charge in [0.05, 0.1) is 11.3 Å². The third kappa shape index (κ3) is 3.60. The van der Waals surface area contributed by atoms with E-state index in [-0.39, 0.29) is 5.56 Å². The lowest BCUT2D eigenvalue weighted by atomic mass is 10.1. The molecule has 4 nitrogen and oxygen atoms in total. The van der Waals surface area contributed by atoms with Crippen LogP contribution in [0.15, 0.2) is 61.7 Å². The second kappa shape index (κ2) is 6.52. The van der Waals surface area contributed by atoms with Crippen LogP contribution in [-0.4, -0.2) is 11.1 Å². The van der Waals surface area contributed by atoms with Gasteiger partial charge in [0.2, 0.25) is 0 Å². The van der Waals surface area contributed by atoms with E-state index in [2.05, 4.69) is 20.9 Å². The Kier molecular flexibility index (Phi) is 4.45. The zero-order valence-electron chi connectivity index (χ0n) is 12.1. The Morgan fingerprint density at radius 1 is 1.22 bits per heavy atom. The van der Waals surface area contributed by atoms with Crippen LogP contribution in [0.1, 0.15) is 15.9 Å². The second-order valence-electron chi connectivity index (χ2n) is 4.89. The van der Waals surface area contributed by atoms with Gasteiger partial charge in [-0.05, 0) is 36.8 Å². The first-order valence-corrected chi connectivity index (χ1v) is 8.43. The van der Waals surface area contributed by atoms with Gasteiger partial charge in [-0.15, -0.1) is 0 Å². The van der Waals surface area contributed by atoms with Crippen LogP contribution in [0.2, 0.25) is 0 Å². The molecule has 6 heteroatoms. The lowest BCUT2D eigenvalue weighted by Gasteiger charge is -2.00. The third-order valence-corrected chi connectivity index (χ3v) is 4.50. The molecule has 0 aliphatic carbocycles. The molecular formula is C17H12BrNO3S. The number of aryl methyl sites for hydroxylation is 1. The standard InChI is InChI=1S/C17H12BrNO3S/c1-10-2-3-12(16(20)21)8-14(10)19-17-22-15(9-23-17)11-4-6-13(18)7-5-11/h2-9H,1H3,(H,20,21). The first-order valence-electron chi connectivity index (χ1n) is 6.76. The summed E-state index contributed by atoms with van der Waals surface area (Å²) < 4.78 is 6.76. The Morgan fingerprint density at radius 3 is 2.65 bits per heavy atom. The van der Waals surface area contributed by atoms with Gasteiger partial charge in [-0.3, -0.25) is 0 Å². The number of carboxylic acids is 1. The molecule has 0 amide bonds. The lowest BCUT2D eigenvalue weighted by Crippen LogP contribution is -1.97. The number of rotatable bonds is 3. The van der Waals surface area contributed by atoms with Crippen LogP contribution < -0.4 is 4.87 Å². The Balaban J connectivity index is 2.00. The highest BCUT2D eigenvalue weighted by Crippen LogP contribution is 2.23. The number of halogens is 1. The van der Waals surface area contributed by atoms with Crippen LogP contribution in [0.3, 0.4) is 0 Å². The Morgan fingerprint density at radius 2 is 1.96 bits per heavy atom. The van der Waals surface area contributed by atoms with Gasteiger partial charge in [0.15, 0.2) is 0 Å². The minimum absolute atomic E-state index is 0.207. The van der Waals surface area contributed by atoms with Gasteiger partial charge in [-0.1, -0.05) is 45.5 Å². The van der Waals surface area contributed by atoms with Crippen LogP contribution in [-0.2, 0) is 0 Å². The summed E-state index contributed by atoms with van der Waals surface area (Å²) in [5.74, 6) is -0.242. The molecule has 3 rings (SSSR count). The largest absolute Gasteiger partial charge is 0.478 e. The summed E-state index contributed by atoms with van der Waals surface area (Å²) in [7, 11) is 0. The molecule has 1 heterocycles. The molecule has 2 aromatic carbocycles. The molecule has 0 spiro atoms. The van der Waals surface area contributed by atoms with Crippen molar-refractivity contribution >= 4 is 38.9 Å². The molecule has 0 saturated heterocycles. The van der Waals surface area contributed by atoms with Gasteiger partial charge in [-0.2, -0.15) is 0 Å². The van der Waals surface area contributed by atoms with Crippen LogP contribution >= 0.6 is 27.3 Å². The van der Waals surface area contributed by atoms with E-state index in [0.29, 0.717) is 10.6 Å². The van der Waals surface area contributed by atoms with Crippen molar-refractivity contribution in [2.45, 2.75) is 6.92 Å². The fourth-order valence-electron chi connectivity index (χ4n) is 2.00. The molecular weight excluding hydrogens is 378 g/mol. The minimum Gasteiger partial charge on any atom is -0.478 e. The molecule has 0 atom stereocenters. The molecule has 0 saturated carbocycles. The molecule has 0 aliphatic heterocycles. The van der Waals surface area contributed by atoms with Gasteiger partial charge in [0, 0.05) is 15.4 Å². The van der Waals surface area contributed by atoms with E-state index in [1.54, 1.807) is 18.2 Å². The van der Waals surface area contributed by atoms with Gasteiger partial charge in [0.25, 0.3) is 4.87 Å². The maximum Gasteiger partial charge on any atom is 0.335 e. The Hall–Kier alpha value is -2.18. The van der Waals surface area contributed by atoms with E-state index >= 15 is 0 Å². The van der Waals surface area contributed by atoms with Crippen molar-refractivity contribution in [1.82, 2.24) is 0 Å². The zero-order chi connectivity index (χ0) is 16.4. The number of benzene rings is 2. The first kappa shape index (κ1) is 15.7. The fraction of sp³-hybridized carbons (Fsp3) is 0.0588. The summed E-state index contributed by atoms with van der Waals surface area (Å²) in [5, 5.41) is 11.0. The topological polar surface area (TPSA) is 62.8 Å². The number of carboxylic acid groups (broad SMARTS) is 1. The molecule has 0 bridgehead atoms. The predicted octanol–water partition coefficient (Wildman–Crippen LogP) is 5.01. The molecule has 0 radical (unpaired) electrons. The maximum atomic E-state index is 11.1. The van der Waals surface area contributed by atoms with Crippen molar-refractivity contribution in [2.24, 2.45) is 4.99 Å². The number of hydrogen-bond acceptors (Lipinski definition) is 4. The van der Waals surface area contributed by atoms with Crippen LogP contribution in [0.4, 0.5) is 5.69 Å². The summed E-state index contributed by atoms with van der Waals surface area (Å²) in [6.45, 7) is 1.88. The van der Waals surface area contributed by atoms with Crippen molar-refractivity contribution in [3.8, 4) is 11.3 Å². The Labute approximate surface area is 144 Å². The van der Waals surface area contributed by atoms with E-state index in [9.17, 15) is 4.79 Å². The van der Waals surface area contributed by atoms with E-state index in [4.69, 9.17) is 9.52 Å². The van der Waals surface area contributed by atoms with E-state index in [1.807, 2.05) is 36.6 Å². The van der Waals surface area contributed by atoms with Crippen molar-refractivity contribution in [3.05, 3.63) is 68.3 Å². The average Bonchev–Trinajstić information content (AvgIpc) is 2.98. The molecule has 0 unspecified atom stereocenters. The number of nitrogens with zero attached hydrogens (tertiary/aromatic N) is 1. The second-order valence-corrected chi connectivity index (χ2v) is 6.63. The molecule has 3 aromatic rings. The van der Waals surface area contributed by atoms with Crippen LogP contribution in [0.25, 0.3) is 11.3 Å². The van der Waals surface area contributed by atoms with Crippen molar-refractivity contribution in [1.29, 1.82) is 0 Å². The molecule has 23 heavy (non-hydrogen) atoms. The summed E-state index contributed by atoms with van der Waals surface area (Å²) in [5.41, 5.74) is 2.66. The summed E-state index contributed by atoms with van der Waals surface area (Å²) >= 11 is 4.77. The minimum atomic E-state index is -0.972. The van der Waals surface area contributed by atoms with Gasteiger partial charge >= 0.3 is 5.97 Å². The fourth-order valence-corrected chi connectivity index (χ4v) is 2.94. The first-order chi connectivity index (χ1) is 11.0. The SMILES string of the molecule is Cc1ccc(C(=O)O)cc1N=c1oc(-c2ccc(Br)cc2)cs1. The highest BCUT2D eigenvalue weighted by Gasteiger charge is 2.07. The van der Waals surface area contributed by atoms with Gasteiger partial charge in [-0.25, -0.2) is 9.79 Å². The summed E-state index contributed by atoms with van der Waals surface area (Å²) in [6, 6.07) is 12.7. The number of carbonyl (C=O) groups is 1. The Bertz CT molecular complexity index is 926. The number of aromatic carboxylic acids is 1. The quantitative estimate of drug-likeness (QED) is 0.684. The van der Waals surface area contributed by atoms with Gasteiger partial charge < -0.3 is 9.52 Å². The van der Waals surface area contributed by atoms with Crippen molar-refractivity contribution < 1.29 is 14.3 Å².